The van der Waals surface area contributed by atoms with Crippen molar-refractivity contribution in [3.63, 3.8) is 0 Å². The van der Waals surface area contributed by atoms with E-state index in [2.05, 4.69) is 100.0 Å². The lowest BCUT2D eigenvalue weighted by atomic mass is 9.73. The lowest BCUT2D eigenvalue weighted by molar-refractivity contribution is -0.111. The zero-order valence-electron chi connectivity index (χ0n) is 52.0. The summed E-state index contributed by atoms with van der Waals surface area (Å²) in [6.45, 7) is 46.4. The summed E-state index contributed by atoms with van der Waals surface area (Å²) in [5, 5.41) is 43.8. The van der Waals surface area contributed by atoms with E-state index in [0.717, 1.165) is 44.8 Å². The normalized spacial score (nSPS) is 20.4. The quantitative estimate of drug-likeness (QED) is 0.0753. The number of anilines is 2. The van der Waals surface area contributed by atoms with Crippen LogP contribution in [-0.2, 0) is 31.9 Å². The number of aliphatic hydroxyl groups is 1. The van der Waals surface area contributed by atoms with E-state index in [9.17, 15) is 24.9 Å². The van der Waals surface area contributed by atoms with Gasteiger partial charge in [0.05, 0.1) is 35.6 Å². The van der Waals surface area contributed by atoms with Gasteiger partial charge in [0.15, 0.2) is 0 Å². The number of aliphatic imine (C=N–C) groups is 1. The Morgan fingerprint density at radius 2 is 1.09 bits per heavy atom. The first-order valence-electron chi connectivity index (χ1n) is 28.6. The molecule has 3 aromatic carbocycles. The van der Waals surface area contributed by atoms with Crippen LogP contribution in [0.3, 0.4) is 0 Å². The first kappa shape index (κ1) is 60.9. The van der Waals surface area contributed by atoms with Crippen molar-refractivity contribution >= 4 is 40.5 Å². The van der Waals surface area contributed by atoms with Crippen molar-refractivity contribution in [3.8, 4) is 23.0 Å². The first-order valence-corrected chi connectivity index (χ1v) is 28.6. The molecule has 2 aliphatic heterocycles. The molecule has 14 nitrogen and oxygen atoms in total. The highest BCUT2D eigenvalue weighted by molar-refractivity contribution is 6.42. The van der Waals surface area contributed by atoms with Gasteiger partial charge in [0, 0.05) is 79.8 Å². The summed E-state index contributed by atoms with van der Waals surface area (Å²) < 4.78 is 12.4. The van der Waals surface area contributed by atoms with Crippen molar-refractivity contribution < 1.29 is 39.2 Å². The van der Waals surface area contributed by atoms with Gasteiger partial charge in [0.1, 0.15) is 42.0 Å². The Morgan fingerprint density at radius 3 is 1.52 bits per heavy atom. The molecule has 0 spiro atoms. The van der Waals surface area contributed by atoms with Gasteiger partial charge in [-0.25, -0.2) is 9.59 Å². The van der Waals surface area contributed by atoms with Crippen molar-refractivity contribution in [1.82, 2.24) is 15.5 Å². The second-order valence-electron chi connectivity index (χ2n) is 28.2. The molecule has 6 N–H and O–H groups in total. The van der Waals surface area contributed by atoms with Gasteiger partial charge >= 0.3 is 12.1 Å². The lowest BCUT2D eigenvalue weighted by Crippen LogP contribution is -2.42. The number of allylic oxidation sites excluding steroid dienone is 6. The topological polar surface area (TPSA) is 185 Å². The second-order valence-corrected chi connectivity index (χ2v) is 28.2. The SMILES string of the molecule is CC(C)N1C2=CC(=NC(=O)NCCOc3cc(C(C)(C)C)c(O)c(C(C)(C)C)c3)C(=C3C(=O)C(c4cc5c(cc4NC(=O)NCCOc4cc(C(C)(C)C)c(O)c(C(C)(C)C)c4)N(C(C)C)C(C)C5(C)C)=C3O)C=C2C(C)(C)C1C. The van der Waals surface area contributed by atoms with Crippen molar-refractivity contribution in [2.45, 2.75) is 204 Å². The van der Waals surface area contributed by atoms with Crippen LogP contribution in [0.2, 0.25) is 0 Å². The zero-order chi connectivity index (χ0) is 59.9. The second kappa shape index (κ2) is 21.3. The molecule has 4 aliphatic rings. The highest BCUT2D eigenvalue weighted by Gasteiger charge is 2.50. The molecule has 0 radical (unpaired) electrons. The predicted molar refractivity (Wildman–Crippen MR) is 324 cm³/mol. The fourth-order valence-corrected chi connectivity index (χ4v) is 11.8. The van der Waals surface area contributed by atoms with Crippen LogP contribution in [0, 0.1) is 5.41 Å². The molecule has 0 aromatic heterocycles. The summed E-state index contributed by atoms with van der Waals surface area (Å²) >= 11 is 0. The van der Waals surface area contributed by atoms with Crippen LogP contribution < -0.4 is 30.3 Å². The molecule has 7 rings (SSSR count). The van der Waals surface area contributed by atoms with Gasteiger partial charge < -0.3 is 50.5 Å². The summed E-state index contributed by atoms with van der Waals surface area (Å²) in [6, 6.07) is 10.4. The van der Waals surface area contributed by atoms with Crippen LogP contribution in [0.1, 0.15) is 186 Å². The number of phenolic OH excluding ortho intramolecular Hbond substituents is 2. The number of rotatable bonds is 12. The maximum absolute atomic E-state index is 15.1. The van der Waals surface area contributed by atoms with E-state index in [0.29, 0.717) is 28.3 Å². The number of fused-ring (bicyclic) bond motifs is 2. The highest BCUT2D eigenvalue weighted by atomic mass is 16.5. The van der Waals surface area contributed by atoms with Crippen molar-refractivity contribution in [2.24, 2.45) is 10.4 Å². The number of phenols is 2. The van der Waals surface area contributed by atoms with Gasteiger partial charge in [-0.2, -0.15) is 4.99 Å². The number of amides is 4. The molecule has 0 saturated carbocycles. The lowest BCUT2D eigenvalue weighted by Gasteiger charge is -2.34. The Kier molecular flexibility index (Phi) is 16.2. The fraction of sp³-hybridized carbons (Fsp3) is 0.545. The average Bonchev–Trinajstić information content (AvgIpc) is 3.64. The van der Waals surface area contributed by atoms with Gasteiger partial charge in [0.2, 0.25) is 5.78 Å². The van der Waals surface area contributed by atoms with E-state index in [1.54, 1.807) is 0 Å². The zero-order valence-corrected chi connectivity index (χ0v) is 52.0. The standard InChI is InChI=1S/C66H92N6O8/c1-35(2)71-37(5)65(19,20)43-31-41(49(33-51(43)71)69-59(77)67-23-25-79-39-27-45(61(7,8)9)55(73)46(28-39)62(10,11)12)53-57(75)54(58(53)76)42-32-44-52(72(36(3)4)38(6)66(44,21)22)34-50(42)70-60(78)68-24-26-80-40-29-47(63(13,14)15)56(74)48(30-40)64(16,17)18/h27-38,73-75H,23-26H2,1-22H3,(H,67,77)(H2,68,70,78). The maximum Gasteiger partial charge on any atom is 0.341 e. The number of hydrogen-bond donors (Lipinski definition) is 6. The molecular weight excluding hydrogens is 1000 g/mol. The van der Waals surface area contributed by atoms with Gasteiger partial charge in [-0.3, -0.25) is 4.79 Å². The number of Topliss-reactive ketones (excluding diaryl/α,β-unsaturated/α-hetero) is 1. The van der Waals surface area contributed by atoms with E-state index in [4.69, 9.17) is 9.47 Å². The molecule has 2 aliphatic carbocycles. The van der Waals surface area contributed by atoms with Crippen molar-refractivity contribution in [2.75, 3.05) is 36.5 Å². The van der Waals surface area contributed by atoms with Crippen LogP contribution in [0.25, 0.3) is 5.57 Å². The molecule has 14 heteroatoms. The number of benzene rings is 3. The van der Waals surface area contributed by atoms with Crippen LogP contribution in [0.4, 0.5) is 21.0 Å². The van der Waals surface area contributed by atoms with E-state index in [-0.39, 0.29) is 117 Å². The Balaban J connectivity index is 1.23. The smallest absolute Gasteiger partial charge is 0.341 e. The molecule has 1 saturated heterocycles. The Hall–Kier alpha value is -6.70. The number of carbonyl (C=O) groups excluding carboxylic acids is 3. The third kappa shape index (κ3) is 11.5. The maximum atomic E-state index is 15.1. The van der Waals surface area contributed by atoms with Gasteiger partial charge in [0.25, 0.3) is 0 Å². The molecule has 2 heterocycles. The molecule has 4 amide bonds. The molecule has 2 atom stereocenters. The molecule has 1 fully saturated rings. The number of likely N-dealkylation sites (tertiary alicyclic amines) is 1. The number of ketones is 1. The third-order valence-corrected chi connectivity index (χ3v) is 16.9. The molecule has 0 bridgehead atoms. The molecule has 2 unspecified atom stereocenters. The summed E-state index contributed by atoms with van der Waals surface area (Å²) in [5.41, 5.74) is 5.99. The first-order chi connectivity index (χ1) is 36.7. The van der Waals surface area contributed by atoms with Crippen LogP contribution in [0.15, 0.2) is 81.7 Å². The number of ether oxygens (including phenoxy) is 2. The Bertz CT molecular complexity index is 3090. The van der Waals surface area contributed by atoms with Crippen LogP contribution in [0.5, 0.6) is 23.0 Å². The number of urea groups is 2. The summed E-state index contributed by atoms with van der Waals surface area (Å²) in [5.74, 6) is 0.949. The van der Waals surface area contributed by atoms with Crippen molar-refractivity contribution in [1.29, 1.82) is 0 Å². The van der Waals surface area contributed by atoms with Crippen LogP contribution in [-0.4, -0.2) is 94.2 Å². The summed E-state index contributed by atoms with van der Waals surface area (Å²) in [4.78, 5) is 52.3. The number of nitrogens with one attached hydrogen (secondary N) is 3. The highest BCUT2D eigenvalue weighted by Crippen LogP contribution is 2.54. The van der Waals surface area contributed by atoms with E-state index in [1.807, 2.05) is 132 Å². The third-order valence-electron chi connectivity index (χ3n) is 16.9. The summed E-state index contributed by atoms with van der Waals surface area (Å²) in [7, 11) is 0. The number of carbonyl (C=O) groups is 3. The average molecular weight is 1100 g/mol. The van der Waals surface area contributed by atoms with Gasteiger partial charge in [-0.15, -0.1) is 0 Å². The van der Waals surface area contributed by atoms with Crippen molar-refractivity contribution in [3.05, 3.63) is 110 Å². The minimum atomic E-state index is -0.649. The molecule has 3 aromatic rings. The van der Waals surface area contributed by atoms with Gasteiger partial charge in [-0.1, -0.05) is 111 Å². The largest absolute Gasteiger partial charge is 0.507 e. The van der Waals surface area contributed by atoms with Gasteiger partial charge in [-0.05, 0) is 123 Å². The number of nitrogens with zero attached hydrogens (tertiary/aromatic N) is 3. The molecular formula is C66H92N6O8. The Labute approximate surface area is 476 Å². The van der Waals surface area contributed by atoms with E-state index in [1.165, 1.54) is 0 Å². The minimum absolute atomic E-state index is 0.0312. The number of hydrogen-bond acceptors (Lipinski definition) is 10. The number of aromatic hydroxyl groups is 2. The minimum Gasteiger partial charge on any atom is -0.507 e. The van der Waals surface area contributed by atoms with E-state index < -0.39 is 17.8 Å². The Morgan fingerprint density at radius 1 is 0.637 bits per heavy atom. The van der Waals surface area contributed by atoms with Crippen LogP contribution >= 0.6 is 0 Å². The molecule has 80 heavy (non-hydrogen) atoms. The molecule has 434 valence electrons. The summed E-state index contributed by atoms with van der Waals surface area (Å²) in [6.07, 6.45) is 3.76. The number of aliphatic hydroxyl groups excluding tert-OH is 1. The fourth-order valence-electron chi connectivity index (χ4n) is 11.8. The predicted octanol–water partition coefficient (Wildman–Crippen LogP) is 13.7. The monoisotopic (exact) mass is 1100 g/mol. The van der Waals surface area contributed by atoms with E-state index >= 15 is 4.79 Å².